The van der Waals surface area contributed by atoms with Crippen LogP contribution >= 0.6 is 0 Å². The number of rotatable bonds is 5. The van der Waals surface area contributed by atoms with Gasteiger partial charge in [-0.1, -0.05) is 44.2 Å². The van der Waals surface area contributed by atoms with Crippen molar-refractivity contribution in [1.82, 2.24) is 20.8 Å². The third-order valence-electron chi connectivity index (χ3n) is 5.34. The first-order valence-corrected chi connectivity index (χ1v) is 9.50. The quantitative estimate of drug-likeness (QED) is 0.584. The molecule has 0 aliphatic carbocycles. The van der Waals surface area contributed by atoms with E-state index in [-0.39, 0.29) is 42.3 Å². The molecule has 5 unspecified atom stereocenters. The Morgan fingerprint density at radius 3 is 2.70 bits per heavy atom. The van der Waals surface area contributed by atoms with Crippen molar-refractivity contribution in [2.45, 2.75) is 57.8 Å². The predicted octanol–water partition coefficient (Wildman–Crippen LogP) is 0.753. The van der Waals surface area contributed by atoms with E-state index >= 15 is 0 Å². The van der Waals surface area contributed by atoms with Gasteiger partial charge in [-0.05, 0) is 18.4 Å². The molecular formula is C19H26N4O4. The summed E-state index contributed by atoms with van der Waals surface area (Å²) in [6, 6.07) is 9.96. The van der Waals surface area contributed by atoms with E-state index in [0.29, 0.717) is 19.6 Å². The van der Waals surface area contributed by atoms with Crippen LogP contribution in [0.15, 0.2) is 30.3 Å². The number of hydrazine groups is 1. The molecule has 1 aromatic carbocycles. The molecule has 3 heterocycles. The van der Waals surface area contributed by atoms with Crippen LogP contribution < -0.4 is 10.9 Å². The first-order chi connectivity index (χ1) is 13.0. The summed E-state index contributed by atoms with van der Waals surface area (Å²) in [4.78, 5) is 32.3. The number of piperazine rings is 1. The number of carbonyl (C=O) groups is 2. The van der Waals surface area contributed by atoms with Crippen molar-refractivity contribution in [2.24, 2.45) is 5.92 Å². The maximum absolute atomic E-state index is 12.5. The van der Waals surface area contributed by atoms with Crippen molar-refractivity contribution in [3.8, 4) is 0 Å². The lowest BCUT2D eigenvalue weighted by atomic mass is 9.95. The Morgan fingerprint density at radius 1 is 1.19 bits per heavy atom. The van der Waals surface area contributed by atoms with Crippen LogP contribution in [0.2, 0.25) is 0 Å². The van der Waals surface area contributed by atoms with E-state index in [9.17, 15) is 9.59 Å². The minimum Gasteiger partial charge on any atom is -0.334 e. The molecule has 0 aromatic heterocycles. The molecule has 0 saturated carbocycles. The summed E-state index contributed by atoms with van der Waals surface area (Å²) in [6.07, 6.45) is 1.28. The Hall–Kier alpha value is -2.00. The topological polar surface area (TPSA) is 86.4 Å². The van der Waals surface area contributed by atoms with Crippen molar-refractivity contribution >= 4 is 11.8 Å². The zero-order valence-corrected chi connectivity index (χ0v) is 15.6. The normalized spacial score (nSPS) is 31.9. The van der Waals surface area contributed by atoms with Gasteiger partial charge in [-0.25, -0.2) is 0 Å². The Balaban J connectivity index is 1.32. The fraction of sp³-hybridized carbons (Fsp3) is 0.579. The highest BCUT2D eigenvalue weighted by atomic mass is 16.8. The average Bonchev–Trinajstić information content (AvgIpc) is 3.47. The van der Waals surface area contributed by atoms with E-state index in [0.717, 1.165) is 12.0 Å². The number of epoxide rings is 1. The molecule has 146 valence electrons. The summed E-state index contributed by atoms with van der Waals surface area (Å²) >= 11 is 0. The van der Waals surface area contributed by atoms with Crippen LogP contribution in [0.5, 0.6) is 0 Å². The van der Waals surface area contributed by atoms with Crippen LogP contribution in [0.3, 0.4) is 0 Å². The maximum atomic E-state index is 12.5. The van der Waals surface area contributed by atoms with E-state index in [4.69, 9.17) is 9.57 Å². The van der Waals surface area contributed by atoms with E-state index in [1.807, 2.05) is 35.4 Å². The Kier molecular flexibility index (Phi) is 5.14. The second kappa shape index (κ2) is 7.55. The number of ether oxygens (including phenoxy) is 1. The summed E-state index contributed by atoms with van der Waals surface area (Å²) in [5, 5.41) is 1.96. The monoisotopic (exact) mass is 374 g/mol. The van der Waals surface area contributed by atoms with E-state index < -0.39 is 0 Å². The number of hydroxylamine groups is 2. The van der Waals surface area contributed by atoms with E-state index in [1.165, 1.54) is 0 Å². The minimum absolute atomic E-state index is 0.131. The summed E-state index contributed by atoms with van der Waals surface area (Å²) in [5.74, 6) is -0.561. The number of fused-ring (bicyclic) bond motifs is 4. The lowest BCUT2D eigenvalue weighted by Crippen LogP contribution is -2.63. The molecule has 2 bridgehead atoms. The predicted molar refractivity (Wildman–Crippen MR) is 96.4 cm³/mol. The van der Waals surface area contributed by atoms with Crippen molar-refractivity contribution in [2.75, 3.05) is 6.54 Å². The molecule has 27 heavy (non-hydrogen) atoms. The van der Waals surface area contributed by atoms with Gasteiger partial charge in [0.25, 0.3) is 5.91 Å². The summed E-state index contributed by atoms with van der Waals surface area (Å²) in [7, 11) is 0. The van der Waals surface area contributed by atoms with Crippen LogP contribution in [0, 0.1) is 5.92 Å². The molecule has 8 heteroatoms. The molecular weight excluding hydrogens is 348 g/mol. The minimum atomic E-state index is -0.292. The van der Waals surface area contributed by atoms with Crippen LogP contribution in [-0.2, 0) is 25.8 Å². The van der Waals surface area contributed by atoms with E-state index in [2.05, 4.69) is 15.8 Å². The SMILES string of the molecule is CC(C)C(=O)NNC(=O)C1CCC2CN1C1OC1N2OCc1ccccc1. The van der Waals surface area contributed by atoms with Gasteiger partial charge in [-0.15, -0.1) is 0 Å². The average molecular weight is 374 g/mol. The zero-order chi connectivity index (χ0) is 19.0. The van der Waals surface area contributed by atoms with Gasteiger partial charge in [0.05, 0.1) is 18.7 Å². The molecule has 3 fully saturated rings. The van der Waals surface area contributed by atoms with Crippen molar-refractivity contribution < 1.29 is 19.2 Å². The molecule has 3 aliphatic rings. The summed E-state index contributed by atoms with van der Waals surface area (Å²) in [5.41, 5.74) is 6.16. The third kappa shape index (κ3) is 3.84. The number of benzene rings is 1. The number of nitrogens with one attached hydrogen (secondary N) is 2. The first-order valence-electron chi connectivity index (χ1n) is 9.50. The highest BCUT2D eigenvalue weighted by molar-refractivity contribution is 5.86. The van der Waals surface area contributed by atoms with Gasteiger partial charge >= 0.3 is 0 Å². The fourth-order valence-electron chi connectivity index (χ4n) is 3.73. The molecule has 0 spiro atoms. The number of hydrogen-bond donors (Lipinski definition) is 2. The van der Waals surface area contributed by atoms with Gasteiger partial charge < -0.3 is 4.74 Å². The van der Waals surface area contributed by atoms with Gasteiger partial charge in [0.1, 0.15) is 0 Å². The first kappa shape index (κ1) is 18.4. The van der Waals surface area contributed by atoms with Gasteiger partial charge in [0, 0.05) is 12.5 Å². The molecule has 5 atom stereocenters. The van der Waals surface area contributed by atoms with Gasteiger partial charge in [0.2, 0.25) is 5.91 Å². The van der Waals surface area contributed by atoms with E-state index in [1.54, 1.807) is 13.8 Å². The second-order valence-corrected chi connectivity index (χ2v) is 7.61. The van der Waals surface area contributed by atoms with Crippen LogP contribution in [0.4, 0.5) is 0 Å². The number of piperidine rings is 1. The smallest absolute Gasteiger partial charge is 0.255 e. The molecule has 2 amide bonds. The summed E-state index contributed by atoms with van der Waals surface area (Å²) < 4.78 is 5.80. The number of nitrogens with zero attached hydrogens (tertiary/aromatic N) is 2. The van der Waals surface area contributed by atoms with Crippen LogP contribution in [0.25, 0.3) is 0 Å². The number of carbonyl (C=O) groups excluding carboxylic acids is 2. The maximum Gasteiger partial charge on any atom is 0.255 e. The standard InChI is InChI=1S/C19H26N4O4/c1-12(2)16(24)20-21-17(25)15-9-8-14-10-22(15)18-19(27-18)23(14)26-11-13-6-4-3-5-7-13/h3-7,12,14-15,18-19H,8-11H2,1-2H3,(H,20,24)(H,21,25). The van der Waals surface area contributed by atoms with Crippen molar-refractivity contribution in [1.29, 1.82) is 0 Å². The molecule has 8 nitrogen and oxygen atoms in total. The summed E-state index contributed by atoms with van der Waals surface area (Å²) in [6.45, 7) is 4.79. The van der Waals surface area contributed by atoms with Crippen molar-refractivity contribution in [3.63, 3.8) is 0 Å². The highest BCUT2D eigenvalue weighted by Gasteiger charge is 2.59. The zero-order valence-electron chi connectivity index (χ0n) is 15.6. The largest absolute Gasteiger partial charge is 0.334 e. The molecule has 2 N–H and O–H groups in total. The van der Waals surface area contributed by atoms with Crippen LogP contribution in [-0.4, -0.2) is 52.9 Å². The molecule has 1 aromatic rings. The van der Waals surface area contributed by atoms with Gasteiger partial charge in [-0.3, -0.25) is 30.2 Å². The lowest BCUT2D eigenvalue weighted by molar-refractivity contribution is -0.239. The van der Waals surface area contributed by atoms with Crippen LogP contribution in [0.1, 0.15) is 32.3 Å². The van der Waals surface area contributed by atoms with Gasteiger partial charge in [-0.2, -0.15) is 5.06 Å². The molecule has 3 aliphatic heterocycles. The Morgan fingerprint density at radius 2 is 1.96 bits per heavy atom. The van der Waals surface area contributed by atoms with Gasteiger partial charge in [0.15, 0.2) is 12.5 Å². The second-order valence-electron chi connectivity index (χ2n) is 7.61. The lowest BCUT2D eigenvalue weighted by Gasteiger charge is -2.44. The third-order valence-corrected chi connectivity index (χ3v) is 5.34. The Bertz CT molecular complexity index is 698. The highest BCUT2D eigenvalue weighted by Crippen LogP contribution is 2.42. The fourth-order valence-corrected chi connectivity index (χ4v) is 3.73. The van der Waals surface area contributed by atoms with Crippen molar-refractivity contribution in [3.05, 3.63) is 35.9 Å². The number of amides is 2. The molecule has 4 rings (SSSR count). The Labute approximate surface area is 158 Å². The molecule has 3 saturated heterocycles. The molecule has 0 radical (unpaired) electrons. The number of hydrogen-bond acceptors (Lipinski definition) is 6.